The Kier molecular flexibility index (Phi) is 5.26. The first-order chi connectivity index (χ1) is 15.5. The highest BCUT2D eigenvalue weighted by molar-refractivity contribution is 6.36. The molecule has 2 aliphatic rings. The molecule has 0 bridgehead atoms. The number of rotatable bonds is 6. The Morgan fingerprint density at radius 2 is 1.69 bits per heavy atom. The van der Waals surface area contributed by atoms with Crippen LogP contribution in [0.25, 0.3) is 10.8 Å². The fraction of sp³-hybridized carbons (Fsp3) is 0.250. The SMILES string of the molecule is O=C1c2cccc3cc(N([O-])O)cc(c23)C(=O)N1c1ccc(OCCN2CCCC2)cc1. The third-order valence-electron chi connectivity index (χ3n) is 6.02. The van der Waals surface area contributed by atoms with Crippen molar-refractivity contribution in [1.29, 1.82) is 0 Å². The van der Waals surface area contributed by atoms with Gasteiger partial charge in [-0.2, -0.15) is 0 Å². The van der Waals surface area contributed by atoms with Crippen LogP contribution in [0.15, 0.2) is 54.6 Å². The van der Waals surface area contributed by atoms with Crippen molar-refractivity contribution in [2.75, 3.05) is 36.4 Å². The van der Waals surface area contributed by atoms with E-state index >= 15 is 0 Å². The molecule has 0 spiro atoms. The van der Waals surface area contributed by atoms with E-state index in [1.165, 1.54) is 25.0 Å². The van der Waals surface area contributed by atoms with Gasteiger partial charge in [0.25, 0.3) is 11.8 Å². The minimum Gasteiger partial charge on any atom is -0.733 e. The molecule has 1 N–H and O–H groups in total. The van der Waals surface area contributed by atoms with Crippen LogP contribution in [0.3, 0.4) is 0 Å². The number of benzene rings is 3. The predicted octanol–water partition coefficient (Wildman–Crippen LogP) is 3.81. The highest BCUT2D eigenvalue weighted by Crippen LogP contribution is 2.35. The number of likely N-dealkylation sites (tertiary alicyclic amines) is 1. The molecule has 0 aromatic heterocycles. The van der Waals surface area contributed by atoms with Crippen molar-refractivity contribution in [3.63, 3.8) is 0 Å². The second kappa shape index (κ2) is 8.23. The van der Waals surface area contributed by atoms with E-state index in [0.717, 1.165) is 24.5 Å². The quantitative estimate of drug-likeness (QED) is 0.467. The summed E-state index contributed by atoms with van der Waals surface area (Å²) in [6.45, 7) is 3.66. The summed E-state index contributed by atoms with van der Waals surface area (Å²) in [7, 11) is 0. The molecule has 1 saturated heterocycles. The number of hydrogen-bond acceptors (Lipinski definition) is 7. The number of ether oxygens (including phenoxy) is 1. The van der Waals surface area contributed by atoms with Crippen LogP contribution >= 0.6 is 0 Å². The van der Waals surface area contributed by atoms with E-state index in [-0.39, 0.29) is 16.5 Å². The zero-order chi connectivity index (χ0) is 22.2. The molecule has 5 rings (SSSR count). The predicted molar refractivity (Wildman–Crippen MR) is 120 cm³/mol. The van der Waals surface area contributed by atoms with Gasteiger partial charge in [-0.25, -0.2) is 4.90 Å². The summed E-state index contributed by atoms with van der Waals surface area (Å²) in [5, 5.41) is 21.5. The van der Waals surface area contributed by atoms with Gasteiger partial charge < -0.3 is 15.2 Å². The van der Waals surface area contributed by atoms with Crippen LogP contribution in [-0.2, 0) is 0 Å². The number of imide groups is 1. The standard InChI is InChI=1S/C24H22N3O5/c28-23-20-5-3-4-16-14-18(27(30)31)15-21(22(16)20)24(29)26(23)17-6-8-19(9-7-17)32-13-12-25-10-1-2-11-25/h3-9,14-15,30H,1-2,10-13H2/q-1. The monoisotopic (exact) mass is 432 g/mol. The first-order valence-electron chi connectivity index (χ1n) is 10.6. The third kappa shape index (κ3) is 3.58. The molecule has 3 aromatic carbocycles. The molecule has 0 saturated carbocycles. The first-order valence-corrected chi connectivity index (χ1v) is 10.6. The van der Waals surface area contributed by atoms with Crippen molar-refractivity contribution in [3.05, 3.63) is 70.9 Å². The van der Waals surface area contributed by atoms with Gasteiger partial charge in [-0.15, -0.1) is 0 Å². The summed E-state index contributed by atoms with van der Waals surface area (Å²) in [4.78, 5) is 29.9. The summed E-state index contributed by atoms with van der Waals surface area (Å²) in [6.07, 6.45) is 2.46. The van der Waals surface area contributed by atoms with Crippen LogP contribution in [0.4, 0.5) is 11.4 Å². The molecule has 2 amide bonds. The van der Waals surface area contributed by atoms with Gasteiger partial charge >= 0.3 is 0 Å². The minimum absolute atomic E-state index is 0.0750. The maximum atomic E-state index is 13.3. The normalized spacial score (nSPS) is 16.1. The summed E-state index contributed by atoms with van der Waals surface area (Å²) < 4.78 is 5.81. The Morgan fingerprint density at radius 1 is 0.969 bits per heavy atom. The molecule has 32 heavy (non-hydrogen) atoms. The van der Waals surface area contributed by atoms with Gasteiger partial charge in [0.2, 0.25) is 0 Å². The maximum absolute atomic E-state index is 13.3. The number of carbonyl (C=O) groups is 2. The lowest BCUT2D eigenvalue weighted by molar-refractivity contribution is 0.0893. The second-order valence-corrected chi connectivity index (χ2v) is 8.01. The summed E-state index contributed by atoms with van der Waals surface area (Å²) in [6, 6.07) is 14.6. The van der Waals surface area contributed by atoms with Crippen molar-refractivity contribution in [2.24, 2.45) is 0 Å². The van der Waals surface area contributed by atoms with Crippen LogP contribution < -0.4 is 14.9 Å². The van der Waals surface area contributed by atoms with E-state index in [9.17, 15) is 20.0 Å². The van der Waals surface area contributed by atoms with E-state index in [2.05, 4.69) is 4.90 Å². The van der Waals surface area contributed by atoms with Crippen molar-refractivity contribution < 1.29 is 19.5 Å². The summed E-state index contributed by atoms with van der Waals surface area (Å²) in [5.74, 6) is -0.325. The number of amides is 2. The molecule has 1 fully saturated rings. The Labute approximate surface area is 184 Å². The van der Waals surface area contributed by atoms with Gasteiger partial charge in [0.1, 0.15) is 12.4 Å². The molecule has 164 valence electrons. The van der Waals surface area contributed by atoms with Gasteiger partial charge in [-0.1, -0.05) is 12.1 Å². The van der Waals surface area contributed by atoms with E-state index < -0.39 is 11.8 Å². The van der Waals surface area contributed by atoms with Crippen molar-refractivity contribution >= 4 is 34.0 Å². The topological polar surface area (TPSA) is 96.4 Å². The van der Waals surface area contributed by atoms with Gasteiger partial charge in [0, 0.05) is 17.5 Å². The van der Waals surface area contributed by atoms with E-state index in [0.29, 0.717) is 34.4 Å². The molecular weight excluding hydrogens is 410 g/mol. The Balaban J connectivity index is 1.41. The van der Waals surface area contributed by atoms with Crippen LogP contribution in [0, 0.1) is 5.21 Å². The van der Waals surface area contributed by atoms with E-state index in [1.807, 2.05) is 0 Å². The van der Waals surface area contributed by atoms with Crippen LogP contribution in [0.2, 0.25) is 0 Å². The number of hydrogen-bond donors (Lipinski definition) is 1. The maximum Gasteiger partial charge on any atom is 0.266 e. The highest BCUT2D eigenvalue weighted by Gasteiger charge is 2.34. The van der Waals surface area contributed by atoms with Gasteiger partial charge in [0.05, 0.1) is 16.9 Å². The molecule has 3 aromatic rings. The van der Waals surface area contributed by atoms with Gasteiger partial charge in [-0.3, -0.25) is 19.7 Å². The molecule has 0 radical (unpaired) electrons. The van der Waals surface area contributed by atoms with Gasteiger partial charge in [0.15, 0.2) is 0 Å². The number of nitrogens with zero attached hydrogens (tertiary/aromatic N) is 3. The highest BCUT2D eigenvalue weighted by atomic mass is 16.8. The molecule has 8 nitrogen and oxygen atoms in total. The number of anilines is 2. The van der Waals surface area contributed by atoms with Crippen LogP contribution in [-0.4, -0.2) is 48.2 Å². The molecule has 0 aliphatic carbocycles. The van der Waals surface area contributed by atoms with Crippen LogP contribution in [0.1, 0.15) is 33.6 Å². The third-order valence-corrected chi connectivity index (χ3v) is 6.02. The Morgan fingerprint density at radius 3 is 2.41 bits per heavy atom. The lowest BCUT2D eigenvalue weighted by Crippen LogP contribution is -2.40. The van der Waals surface area contributed by atoms with Crippen molar-refractivity contribution in [3.8, 4) is 5.75 Å². The largest absolute Gasteiger partial charge is 0.733 e. The molecular formula is C24H22N3O5-. The van der Waals surface area contributed by atoms with Crippen molar-refractivity contribution in [2.45, 2.75) is 12.8 Å². The van der Waals surface area contributed by atoms with Crippen LogP contribution in [0.5, 0.6) is 5.75 Å². The number of carbonyl (C=O) groups excluding carboxylic acids is 2. The zero-order valence-corrected chi connectivity index (χ0v) is 17.4. The molecule has 0 atom stereocenters. The average molecular weight is 432 g/mol. The van der Waals surface area contributed by atoms with Crippen molar-refractivity contribution in [1.82, 2.24) is 4.90 Å². The molecule has 2 aliphatic heterocycles. The lowest BCUT2D eigenvalue weighted by Gasteiger charge is -2.29. The minimum atomic E-state index is -0.551. The summed E-state index contributed by atoms with van der Waals surface area (Å²) >= 11 is 0. The Bertz CT molecular complexity index is 1190. The van der Waals surface area contributed by atoms with E-state index in [1.54, 1.807) is 42.5 Å². The second-order valence-electron chi connectivity index (χ2n) is 8.01. The average Bonchev–Trinajstić information content (AvgIpc) is 3.31. The smallest absolute Gasteiger partial charge is 0.266 e. The first kappa shape index (κ1) is 20.4. The lowest BCUT2D eigenvalue weighted by atomic mass is 9.93. The summed E-state index contributed by atoms with van der Waals surface area (Å²) in [5.41, 5.74) is 0.885. The molecule has 0 unspecified atom stereocenters. The molecule has 8 heteroatoms. The fourth-order valence-corrected chi connectivity index (χ4v) is 4.43. The van der Waals surface area contributed by atoms with E-state index in [4.69, 9.17) is 4.74 Å². The Hall–Kier alpha value is -3.46. The van der Waals surface area contributed by atoms with Gasteiger partial charge in [-0.05, 0) is 73.8 Å². The molecule has 2 heterocycles. The fourth-order valence-electron chi connectivity index (χ4n) is 4.43. The zero-order valence-electron chi connectivity index (χ0n) is 17.4.